The lowest BCUT2D eigenvalue weighted by Crippen LogP contribution is -1.98. The lowest BCUT2D eigenvalue weighted by molar-refractivity contribution is 0.102. The van der Waals surface area contributed by atoms with E-state index >= 15 is 0 Å². The molecule has 0 saturated heterocycles. The zero-order chi connectivity index (χ0) is 13.7. The van der Waals surface area contributed by atoms with Crippen molar-refractivity contribution >= 4 is 11.6 Å². The number of ketones is 2. The van der Waals surface area contributed by atoms with Crippen molar-refractivity contribution in [2.45, 2.75) is 0 Å². The Morgan fingerprint density at radius 1 is 0.737 bits per heavy atom. The third-order valence-corrected chi connectivity index (χ3v) is 2.57. The van der Waals surface area contributed by atoms with Crippen molar-refractivity contribution in [1.29, 1.82) is 0 Å². The molecule has 2 aromatic carbocycles. The summed E-state index contributed by atoms with van der Waals surface area (Å²) in [6, 6.07) is 13.9. The van der Waals surface area contributed by atoms with Gasteiger partial charge in [-0.2, -0.15) is 0 Å². The van der Waals surface area contributed by atoms with Crippen LogP contribution in [0.1, 0.15) is 20.7 Å². The minimum Gasteiger partial charge on any atom is -0.289 e. The molecule has 19 heavy (non-hydrogen) atoms. The highest BCUT2D eigenvalue weighted by molar-refractivity contribution is 6.11. The first-order chi connectivity index (χ1) is 9.16. The van der Waals surface area contributed by atoms with Crippen LogP contribution in [0.15, 0.2) is 66.7 Å². The number of halogens is 1. The molecule has 0 N–H and O–H groups in total. The maximum absolute atomic E-state index is 12.7. The zero-order valence-electron chi connectivity index (χ0n) is 10.0. The van der Waals surface area contributed by atoms with Crippen molar-refractivity contribution in [2.24, 2.45) is 0 Å². The number of rotatable bonds is 4. The lowest BCUT2D eigenvalue weighted by Gasteiger charge is -1.96. The molecule has 0 bridgehead atoms. The average molecular weight is 254 g/mol. The zero-order valence-corrected chi connectivity index (χ0v) is 10.0. The maximum Gasteiger partial charge on any atom is 0.185 e. The smallest absolute Gasteiger partial charge is 0.185 e. The number of allylic oxidation sites excluding steroid dienone is 2. The van der Waals surface area contributed by atoms with Gasteiger partial charge in [-0.1, -0.05) is 30.3 Å². The summed E-state index contributed by atoms with van der Waals surface area (Å²) < 4.78 is 12.7. The minimum absolute atomic E-state index is 0.240. The van der Waals surface area contributed by atoms with Crippen LogP contribution < -0.4 is 0 Å². The first kappa shape index (κ1) is 12.9. The molecule has 0 unspecified atom stereocenters. The van der Waals surface area contributed by atoms with Crippen molar-refractivity contribution in [2.75, 3.05) is 0 Å². The van der Waals surface area contributed by atoms with E-state index in [0.717, 1.165) is 0 Å². The fourth-order valence-corrected chi connectivity index (χ4v) is 1.56. The Balaban J connectivity index is 2.09. The van der Waals surface area contributed by atoms with Gasteiger partial charge in [0.2, 0.25) is 0 Å². The molecule has 0 saturated carbocycles. The van der Waals surface area contributed by atoms with E-state index in [1.54, 1.807) is 24.3 Å². The van der Waals surface area contributed by atoms with Crippen LogP contribution in [0.4, 0.5) is 4.39 Å². The average Bonchev–Trinajstić information content (AvgIpc) is 2.46. The molecule has 0 radical (unpaired) electrons. The summed E-state index contributed by atoms with van der Waals surface area (Å²) >= 11 is 0. The summed E-state index contributed by atoms with van der Waals surface area (Å²) in [6.45, 7) is 0. The summed E-state index contributed by atoms with van der Waals surface area (Å²) in [7, 11) is 0. The quantitative estimate of drug-likeness (QED) is 0.618. The van der Waals surface area contributed by atoms with Crippen LogP contribution in [0, 0.1) is 5.82 Å². The molecule has 0 heterocycles. The van der Waals surface area contributed by atoms with Gasteiger partial charge in [0, 0.05) is 11.1 Å². The van der Waals surface area contributed by atoms with Crippen molar-refractivity contribution in [3.8, 4) is 0 Å². The van der Waals surface area contributed by atoms with Gasteiger partial charge >= 0.3 is 0 Å². The van der Waals surface area contributed by atoms with E-state index in [4.69, 9.17) is 0 Å². The van der Waals surface area contributed by atoms with Crippen LogP contribution in [0.5, 0.6) is 0 Å². The van der Waals surface area contributed by atoms with Crippen LogP contribution in [-0.2, 0) is 0 Å². The van der Waals surface area contributed by atoms with Crippen molar-refractivity contribution in [1.82, 2.24) is 0 Å². The topological polar surface area (TPSA) is 34.1 Å². The van der Waals surface area contributed by atoms with Gasteiger partial charge in [-0.15, -0.1) is 0 Å². The second-order valence-corrected chi connectivity index (χ2v) is 3.93. The first-order valence-electron chi connectivity index (χ1n) is 5.74. The number of hydrogen-bond donors (Lipinski definition) is 0. The number of benzene rings is 2. The summed E-state index contributed by atoms with van der Waals surface area (Å²) in [5.74, 6) is -0.971. The van der Waals surface area contributed by atoms with Gasteiger partial charge in [0.1, 0.15) is 5.82 Å². The van der Waals surface area contributed by atoms with Gasteiger partial charge in [0.25, 0.3) is 0 Å². The Kier molecular flexibility index (Phi) is 3.98. The molecular weight excluding hydrogens is 243 g/mol. The summed E-state index contributed by atoms with van der Waals surface area (Å²) in [4.78, 5) is 23.5. The SMILES string of the molecule is O=C(/C=C/C(=O)c1ccc(F)cc1)c1ccccc1. The second kappa shape index (κ2) is 5.87. The second-order valence-electron chi connectivity index (χ2n) is 3.93. The highest BCUT2D eigenvalue weighted by Gasteiger charge is 2.04. The summed E-state index contributed by atoms with van der Waals surface area (Å²) in [5, 5.41) is 0. The minimum atomic E-state index is -0.402. The third kappa shape index (κ3) is 3.45. The molecule has 0 aliphatic rings. The van der Waals surface area contributed by atoms with E-state index in [-0.39, 0.29) is 11.6 Å². The van der Waals surface area contributed by atoms with Gasteiger partial charge < -0.3 is 0 Å². The number of hydrogen-bond acceptors (Lipinski definition) is 2. The Bertz CT molecular complexity index is 613. The normalized spacial score (nSPS) is 10.6. The highest BCUT2D eigenvalue weighted by Crippen LogP contribution is 2.06. The van der Waals surface area contributed by atoms with Crippen LogP contribution >= 0.6 is 0 Å². The molecule has 2 nitrogen and oxygen atoms in total. The van der Waals surface area contributed by atoms with Crippen LogP contribution in [0.2, 0.25) is 0 Å². The molecule has 0 atom stereocenters. The Morgan fingerprint density at radius 3 is 1.74 bits per heavy atom. The predicted molar refractivity (Wildman–Crippen MR) is 70.6 cm³/mol. The van der Waals surface area contributed by atoms with Crippen LogP contribution in [0.3, 0.4) is 0 Å². The molecule has 0 spiro atoms. The molecule has 0 amide bonds. The Morgan fingerprint density at radius 2 is 1.21 bits per heavy atom. The van der Waals surface area contributed by atoms with Crippen LogP contribution in [0.25, 0.3) is 0 Å². The van der Waals surface area contributed by atoms with E-state index in [1.165, 1.54) is 36.4 Å². The van der Waals surface area contributed by atoms with Gasteiger partial charge in [-0.05, 0) is 36.4 Å². The largest absolute Gasteiger partial charge is 0.289 e. The van der Waals surface area contributed by atoms with E-state index < -0.39 is 5.82 Å². The summed E-state index contributed by atoms with van der Waals surface area (Å²) in [6.07, 6.45) is 2.42. The van der Waals surface area contributed by atoms with E-state index in [2.05, 4.69) is 0 Å². The summed E-state index contributed by atoms with van der Waals surface area (Å²) in [5.41, 5.74) is 0.865. The molecule has 3 heteroatoms. The highest BCUT2D eigenvalue weighted by atomic mass is 19.1. The molecular formula is C16H11FO2. The fraction of sp³-hybridized carbons (Fsp3) is 0. The molecule has 0 aliphatic heterocycles. The lowest BCUT2D eigenvalue weighted by atomic mass is 10.1. The van der Waals surface area contributed by atoms with E-state index in [0.29, 0.717) is 11.1 Å². The van der Waals surface area contributed by atoms with Crippen molar-refractivity contribution in [3.63, 3.8) is 0 Å². The molecule has 0 aromatic heterocycles. The molecule has 2 aromatic rings. The number of carbonyl (C=O) groups is 2. The van der Waals surface area contributed by atoms with Crippen molar-refractivity contribution in [3.05, 3.63) is 83.7 Å². The van der Waals surface area contributed by atoms with E-state index in [9.17, 15) is 14.0 Å². The monoisotopic (exact) mass is 254 g/mol. The molecule has 2 rings (SSSR count). The predicted octanol–water partition coefficient (Wildman–Crippen LogP) is 3.45. The van der Waals surface area contributed by atoms with E-state index in [1.807, 2.05) is 6.07 Å². The van der Waals surface area contributed by atoms with Gasteiger partial charge in [0.15, 0.2) is 11.6 Å². The van der Waals surface area contributed by atoms with Gasteiger partial charge in [-0.3, -0.25) is 9.59 Å². The molecule has 94 valence electrons. The van der Waals surface area contributed by atoms with Crippen molar-refractivity contribution < 1.29 is 14.0 Å². The fourth-order valence-electron chi connectivity index (χ4n) is 1.56. The third-order valence-electron chi connectivity index (χ3n) is 2.57. The Labute approximate surface area is 110 Å². The van der Waals surface area contributed by atoms with Gasteiger partial charge in [0.05, 0.1) is 0 Å². The Hall–Kier alpha value is -2.55. The molecule has 0 fully saturated rings. The number of carbonyl (C=O) groups excluding carboxylic acids is 2. The standard InChI is InChI=1S/C16H11FO2/c17-14-8-6-13(7-9-14)16(19)11-10-15(18)12-4-2-1-3-5-12/h1-11H/b11-10+. The van der Waals surface area contributed by atoms with Crippen LogP contribution in [-0.4, -0.2) is 11.6 Å². The van der Waals surface area contributed by atoms with Gasteiger partial charge in [-0.25, -0.2) is 4.39 Å². The molecule has 0 aliphatic carbocycles. The first-order valence-corrected chi connectivity index (χ1v) is 5.74. The maximum atomic E-state index is 12.7.